The molecule has 0 bridgehead atoms. The number of aryl methyl sites for hydroxylation is 1. The fraction of sp³-hybridized carbons (Fsp3) is 0.250. The number of nitrogens with zero attached hydrogens (tertiary/aromatic N) is 2. The molecule has 1 aromatic heterocycles. The fourth-order valence-electron chi connectivity index (χ4n) is 3.20. The summed E-state index contributed by atoms with van der Waals surface area (Å²) in [5.41, 5.74) is 4.31. The van der Waals surface area contributed by atoms with Crippen molar-refractivity contribution in [3.05, 3.63) is 65.7 Å². The first-order chi connectivity index (χ1) is 12.2. The first-order valence-corrected chi connectivity index (χ1v) is 8.45. The maximum absolute atomic E-state index is 10.5. The summed E-state index contributed by atoms with van der Waals surface area (Å²) in [6.45, 7) is 4.84. The van der Waals surface area contributed by atoms with E-state index in [1.807, 2.05) is 6.20 Å². The molecule has 0 atom stereocenters. The highest BCUT2D eigenvalue weighted by Gasteiger charge is 2.20. The van der Waals surface area contributed by atoms with Crippen LogP contribution in [0.1, 0.15) is 17.0 Å². The van der Waals surface area contributed by atoms with Crippen molar-refractivity contribution < 1.29 is 9.84 Å². The second kappa shape index (κ2) is 6.61. The van der Waals surface area contributed by atoms with Crippen molar-refractivity contribution in [2.45, 2.75) is 20.0 Å². The molecule has 128 valence electrons. The highest BCUT2D eigenvalue weighted by molar-refractivity contribution is 5.69. The topological polar surface area (TPSA) is 61.4 Å². The molecule has 1 aliphatic rings. The van der Waals surface area contributed by atoms with Gasteiger partial charge < -0.3 is 14.8 Å². The van der Waals surface area contributed by atoms with Crippen LogP contribution in [0, 0.1) is 6.92 Å². The van der Waals surface area contributed by atoms with Gasteiger partial charge in [-0.1, -0.05) is 29.8 Å². The van der Waals surface area contributed by atoms with E-state index in [1.54, 1.807) is 12.3 Å². The van der Waals surface area contributed by atoms with Crippen LogP contribution < -0.4 is 4.74 Å². The molecule has 0 saturated carbocycles. The number of benzene rings is 2. The summed E-state index contributed by atoms with van der Waals surface area (Å²) in [5, 5.41) is 10.5. The van der Waals surface area contributed by atoms with E-state index < -0.39 is 0 Å². The Morgan fingerprint density at radius 2 is 2.04 bits per heavy atom. The molecule has 0 aliphatic carbocycles. The Kier molecular flexibility index (Phi) is 4.15. The van der Waals surface area contributed by atoms with Gasteiger partial charge in [0.25, 0.3) is 0 Å². The number of rotatable bonds is 3. The van der Waals surface area contributed by atoms with Crippen LogP contribution in [0.25, 0.3) is 11.1 Å². The number of nitrogens with one attached hydrogen (secondary N) is 1. The summed E-state index contributed by atoms with van der Waals surface area (Å²) in [5.74, 6) is 1.73. The molecule has 1 aliphatic heterocycles. The molecule has 0 radical (unpaired) electrons. The quantitative estimate of drug-likeness (QED) is 0.769. The minimum Gasteiger partial charge on any atom is -0.504 e. The number of hydrogen-bond donors (Lipinski definition) is 2. The first kappa shape index (κ1) is 15.7. The molecule has 3 aromatic rings. The van der Waals surface area contributed by atoms with Crippen LogP contribution in [-0.4, -0.2) is 33.1 Å². The maximum atomic E-state index is 10.5. The smallest absolute Gasteiger partial charge is 0.165 e. The number of aromatic hydroxyl groups is 1. The van der Waals surface area contributed by atoms with Crippen LogP contribution in [0.15, 0.2) is 48.8 Å². The SMILES string of the molecule is Cc1ccc(-c2cc(O)c3c(c2)CN(Cc2ncc[nH]2)CCO3)cc1. The molecule has 0 amide bonds. The summed E-state index contributed by atoms with van der Waals surface area (Å²) in [7, 11) is 0. The number of ether oxygens (including phenoxy) is 1. The van der Waals surface area contributed by atoms with Gasteiger partial charge in [-0.25, -0.2) is 4.98 Å². The number of aromatic nitrogens is 2. The third-order valence-electron chi connectivity index (χ3n) is 4.51. The van der Waals surface area contributed by atoms with E-state index in [0.29, 0.717) is 18.9 Å². The Labute approximate surface area is 146 Å². The minimum atomic E-state index is 0.202. The molecular weight excluding hydrogens is 314 g/mol. The van der Waals surface area contributed by atoms with Gasteiger partial charge in [-0.05, 0) is 30.2 Å². The van der Waals surface area contributed by atoms with Gasteiger partial charge >= 0.3 is 0 Å². The number of hydrogen-bond acceptors (Lipinski definition) is 4. The summed E-state index contributed by atoms with van der Waals surface area (Å²) in [6, 6.07) is 12.2. The molecule has 0 unspecified atom stereocenters. The first-order valence-electron chi connectivity index (χ1n) is 8.45. The zero-order valence-electron chi connectivity index (χ0n) is 14.2. The minimum absolute atomic E-state index is 0.202. The maximum Gasteiger partial charge on any atom is 0.165 e. The van der Waals surface area contributed by atoms with E-state index in [-0.39, 0.29) is 5.75 Å². The lowest BCUT2D eigenvalue weighted by molar-refractivity contribution is 0.214. The molecule has 0 saturated heterocycles. The average Bonchev–Trinajstić information content (AvgIpc) is 3.01. The Balaban J connectivity index is 1.65. The van der Waals surface area contributed by atoms with Crippen molar-refractivity contribution >= 4 is 0 Å². The van der Waals surface area contributed by atoms with Crippen LogP contribution in [0.3, 0.4) is 0 Å². The lowest BCUT2D eigenvalue weighted by atomic mass is 10.0. The predicted octanol–water partition coefficient (Wildman–Crippen LogP) is 3.49. The van der Waals surface area contributed by atoms with Gasteiger partial charge in [0.05, 0.1) is 6.54 Å². The number of aromatic amines is 1. The van der Waals surface area contributed by atoms with Gasteiger partial charge in [0, 0.05) is 31.0 Å². The predicted molar refractivity (Wildman–Crippen MR) is 96.5 cm³/mol. The van der Waals surface area contributed by atoms with Gasteiger partial charge in [-0.3, -0.25) is 4.90 Å². The average molecular weight is 335 g/mol. The summed E-state index contributed by atoms with van der Waals surface area (Å²) >= 11 is 0. The van der Waals surface area contributed by atoms with Gasteiger partial charge in [-0.15, -0.1) is 0 Å². The van der Waals surface area contributed by atoms with Crippen LogP contribution >= 0.6 is 0 Å². The lowest BCUT2D eigenvalue weighted by Crippen LogP contribution is -2.25. The zero-order chi connectivity index (χ0) is 17.2. The number of phenols is 1. The van der Waals surface area contributed by atoms with Crippen LogP contribution in [0.4, 0.5) is 0 Å². The third-order valence-corrected chi connectivity index (χ3v) is 4.51. The Hall–Kier alpha value is -2.79. The number of H-pyrrole nitrogens is 1. The standard InChI is InChI=1S/C20H21N3O2/c1-14-2-4-15(5-3-14)16-10-17-12-23(13-19-21-6-7-22-19)8-9-25-20(17)18(24)11-16/h2-7,10-11,24H,8-9,12-13H2,1H3,(H,21,22). The van der Waals surface area contributed by atoms with E-state index in [9.17, 15) is 5.11 Å². The second-order valence-corrected chi connectivity index (χ2v) is 6.44. The normalized spacial score (nSPS) is 14.6. The molecular formula is C20H21N3O2. The molecule has 25 heavy (non-hydrogen) atoms. The highest BCUT2D eigenvalue weighted by Crippen LogP contribution is 2.37. The summed E-state index contributed by atoms with van der Waals surface area (Å²) < 4.78 is 5.82. The number of imidazole rings is 1. The molecule has 0 fully saturated rings. The van der Waals surface area contributed by atoms with E-state index in [2.05, 4.69) is 52.1 Å². The molecule has 5 nitrogen and oxygen atoms in total. The van der Waals surface area contributed by atoms with Crippen molar-refractivity contribution in [3.8, 4) is 22.6 Å². The molecule has 2 N–H and O–H groups in total. The van der Waals surface area contributed by atoms with Crippen LogP contribution in [0.2, 0.25) is 0 Å². The largest absolute Gasteiger partial charge is 0.504 e. The molecule has 2 aromatic carbocycles. The van der Waals surface area contributed by atoms with Crippen molar-refractivity contribution in [3.63, 3.8) is 0 Å². The number of phenolic OH excluding ortho intramolecular Hbond substituents is 1. The Morgan fingerprint density at radius 1 is 1.20 bits per heavy atom. The van der Waals surface area contributed by atoms with Gasteiger partial charge in [0.2, 0.25) is 0 Å². The molecule has 0 spiro atoms. The van der Waals surface area contributed by atoms with E-state index in [1.165, 1.54) is 5.56 Å². The molecule has 4 rings (SSSR count). The van der Waals surface area contributed by atoms with Crippen molar-refractivity contribution in [1.82, 2.24) is 14.9 Å². The van der Waals surface area contributed by atoms with Crippen molar-refractivity contribution in [2.75, 3.05) is 13.2 Å². The van der Waals surface area contributed by atoms with Crippen LogP contribution in [-0.2, 0) is 13.1 Å². The van der Waals surface area contributed by atoms with Gasteiger partial charge in [0.15, 0.2) is 11.5 Å². The Bertz CT molecular complexity index is 857. The summed E-state index contributed by atoms with van der Waals surface area (Å²) in [4.78, 5) is 9.71. The number of fused-ring (bicyclic) bond motifs is 1. The van der Waals surface area contributed by atoms with Crippen LogP contribution in [0.5, 0.6) is 11.5 Å². The van der Waals surface area contributed by atoms with Gasteiger partial charge in [-0.2, -0.15) is 0 Å². The Morgan fingerprint density at radius 3 is 2.80 bits per heavy atom. The fourth-order valence-corrected chi connectivity index (χ4v) is 3.20. The third kappa shape index (κ3) is 3.37. The van der Waals surface area contributed by atoms with E-state index in [0.717, 1.165) is 35.6 Å². The van der Waals surface area contributed by atoms with Gasteiger partial charge in [0.1, 0.15) is 12.4 Å². The monoisotopic (exact) mass is 335 g/mol. The molecule has 5 heteroatoms. The zero-order valence-corrected chi connectivity index (χ0v) is 14.2. The lowest BCUT2D eigenvalue weighted by Gasteiger charge is -2.18. The second-order valence-electron chi connectivity index (χ2n) is 6.44. The summed E-state index contributed by atoms with van der Waals surface area (Å²) in [6.07, 6.45) is 3.60. The highest BCUT2D eigenvalue weighted by atomic mass is 16.5. The van der Waals surface area contributed by atoms with Crippen molar-refractivity contribution in [1.29, 1.82) is 0 Å². The van der Waals surface area contributed by atoms with E-state index >= 15 is 0 Å². The van der Waals surface area contributed by atoms with E-state index in [4.69, 9.17) is 4.74 Å². The van der Waals surface area contributed by atoms with Crippen molar-refractivity contribution in [2.24, 2.45) is 0 Å². The molecule has 2 heterocycles.